The van der Waals surface area contributed by atoms with Gasteiger partial charge >= 0.3 is 0 Å². The van der Waals surface area contributed by atoms with Crippen LogP contribution in [0.25, 0.3) is 72.2 Å². The van der Waals surface area contributed by atoms with E-state index in [-0.39, 0.29) is 0 Å². The Bertz CT molecular complexity index is 3570. The van der Waals surface area contributed by atoms with Gasteiger partial charge in [-0.3, -0.25) is 4.57 Å². The number of hydrogen-bond donors (Lipinski definition) is 0. The van der Waals surface area contributed by atoms with E-state index in [9.17, 15) is 0 Å². The van der Waals surface area contributed by atoms with Gasteiger partial charge in [-0.2, -0.15) is 0 Å². The number of rotatable bonds is 2. The Morgan fingerprint density at radius 3 is 1.44 bits per heavy atom. The molecule has 2 heterocycles. The molecule has 2 spiro atoms. The molecular formula is C58H35N3. The quantitative estimate of drug-likeness (QED) is 0.175. The first kappa shape index (κ1) is 33.0. The van der Waals surface area contributed by atoms with Crippen molar-refractivity contribution in [2.24, 2.45) is 0 Å². The Hall–Kier alpha value is -7.88. The summed E-state index contributed by atoms with van der Waals surface area (Å²) in [5.41, 5.74) is 19.9. The molecule has 0 unspecified atom stereocenters. The molecule has 0 radical (unpaired) electrons. The SMILES string of the molecule is c1ccc(-c2nc(-n3c4ccccc4c4c5c(ccc43)C3(c4ccccc4-5)c4ccccc4C4(c5ccccc5-c5ccccc54)c4ccccc43)nc3ccccc23)cc1. The summed E-state index contributed by atoms with van der Waals surface area (Å²) >= 11 is 0. The van der Waals surface area contributed by atoms with Crippen LogP contribution in [0.1, 0.15) is 44.5 Å². The molecule has 11 aromatic rings. The number of fused-ring (bicyclic) bond motifs is 21. The summed E-state index contributed by atoms with van der Waals surface area (Å²) in [6.07, 6.45) is 0. The van der Waals surface area contributed by atoms with Gasteiger partial charge < -0.3 is 0 Å². The topological polar surface area (TPSA) is 30.7 Å². The molecule has 2 aromatic heterocycles. The lowest BCUT2D eigenvalue weighted by Crippen LogP contribution is -2.43. The number of para-hydroxylation sites is 2. The lowest BCUT2D eigenvalue weighted by Gasteiger charge is -2.48. The van der Waals surface area contributed by atoms with Crippen molar-refractivity contribution in [1.82, 2.24) is 14.5 Å². The minimum absolute atomic E-state index is 0.479. The summed E-state index contributed by atoms with van der Waals surface area (Å²) in [4.78, 5) is 10.7. The second-order valence-electron chi connectivity index (χ2n) is 16.7. The van der Waals surface area contributed by atoms with Crippen molar-refractivity contribution in [3.05, 3.63) is 257 Å². The van der Waals surface area contributed by atoms with Gasteiger partial charge in [-0.1, -0.05) is 194 Å². The van der Waals surface area contributed by atoms with Crippen LogP contribution in [0.2, 0.25) is 0 Å². The van der Waals surface area contributed by atoms with Crippen molar-refractivity contribution >= 4 is 32.7 Å². The lowest BCUT2D eigenvalue weighted by molar-refractivity contribution is 0.633. The molecule has 0 fully saturated rings. The van der Waals surface area contributed by atoms with Gasteiger partial charge in [0.05, 0.1) is 33.1 Å². The first-order valence-corrected chi connectivity index (χ1v) is 21.2. The van der Waals surface area contributed by atoms with Crippen LogP contribution in [0.15, 0.2) is 212 Å². The maximum atomic E-state index is 5.42. The fourth-order valence-corrected chi connectivity index (χ4v) is 12.0. The Kier molecular flexibility index (Phi) is 6.42. The zero-order valence-electron chi connectivity index (χ0n) is 33.0. The summed E-state index contributed by atoms with van der Waals surface area (Å²) in [5.74, 6) is 0.665. The molecule has 0 N–H and O–H groups in total. The maximum absolute atomic E-state index is 5.42. The molecule has 3 aliphatic rings. The number of benzene rings is 9. The van der Waals surface area contributed by atoms with Gasteiger partial charge in [-0.25, -0.2) is 9.97 Å². The highest BCUT2D eigenvalue weighted by atomic mass is 15.2. The van der Waals surface area contributed by atoms with Gasteiger partial charge in [0.2, 0.25) is 5.95 Å². The van der Waals surface area contributed by atoms with E-state index in [2.05, 4.69) is 217 Å². The Morgan fingerprint density at radius 1 is 0.328 bits per heavy atom. The average molecular weight is 774 g/mol. The van der Waals surface area contributed by atoms with E-state index in [4.69, 9.17) is 9.97 Å². The normalized spacial score (nSPS) is 14.5. The Labute approximate surface area is 352 Å². The van der Waals surface area contributed by atoms with E-state index in [0.29, 0.717) is 5.95 Å². The summed E-state index contributed by atoms with van der Waals surface area (Å²) in [7, 11) is 0. The fourth-order valence-electron chi connectivity index (χ4n) is 12.0. The van der Waals surface area contributed by atoms with Crippen molar-refractivity contribution in [3.63, 3.8) is 0 Å². The highest BCUT2D eigenvalue weighted by Crippen LogP contribution is 2.68. The zero-order chi connectivity index (χ0) is 39.9. The summed E-state index contributed by atoms with van der Waals surface area (Å²) in [5, 5.41) is 3.45. The van der Waals surface area contributed by atoms with Gasteiger partial charge in [0, 0.05) is 21.7 Å². The van der Waals surface area contributed by atoms with Crippen LogP contribution in [0.5, 0.6) is 0 Å². The van der Waals surface area contributed by atoms with E-state index in [1.165, 1.54) is 77.5 Å². The molecule has 14 rings (SSSR count). The van der Waals surface area contributed by atoms with Crippen molar-refractivity contribution in [2.75, 3.05) is 0 Å². The van der Waals surface area contributed by atoms with Gasteiger partial charge in [0.1, 0.15) is 0 Å². The molecule has 0 saturated heterocycles. The van der Waals surface area contributed by atoms with Crippen molar-refractivity contribution < 1.29 is 0 Å². The van der Waals surface area contributed by atoms with Crippen LogP contribution in [-0.2, 0) is 10.8 Å². The van der Waals surface area contributed by atoms with Crippen LogP contribution in [0.4, 0.5) is 0 Å². The summed E-state index contributed by atoms with van der Waals surface area (Å²) < 4.78 is 2.29. The van der Waals surface area contributed by atoms with Crippen molar-refractivity contribution in [3.8, 4) is 39.5 Å². The molecule has 9 aromatic carbocycles. The lowest BCUT2D eigenvalue weighted by atomic mass is 9.52. The third-order valence-corrected chi connectivity index (χ3v) is 14.1. The first-order chi connectivity index (χ1) is 30.3. The molecule has 0 bridgehead atoms. The van der Waals surface area contributed by atoms with E-state index in [1.807, 2.05) is 0 Å². The molecule has 0 saturated carbocycles. The summed E-state index contributed by atoms with van der Waals surface area (Å²) in [6, 6.07) is 78.5. The predicted molar refractivity (Wildman–Crippen MR) is 247 cm³/mol. The van der Waals surface area contributed by atoms with Crippen molar-refractivity contribution in [1.29, 1.82) is 0 Å². The maximum Gasteiger partial charge on any atom is 0.235 e. The second-order valence-corrected chi connectivity index (χ2v) is 16.7. The van der Waals surface area contributed by atoms with E-state index < -0.39 is 10.8 Å². The minimum atomic E-state index is -0.575. The second kappa shape index (κ2) is 11.9. The van der Waals surface area contributed by atoms with Crippen LogP contribution < -0.4 is 0 Å². The van der Waals surface area contributed by atoms with Crippen LogP contribution in [-0.4, -0.2) is 14.5 Å². The molecule has 61 heavy (non-hydrogen) atoms. The largest absolute Gasteiger partial charge is 0.278 e. The van der Waals surface area contributed by atoms with Gasteiger partial charge in [-0.05, 0) is 85.0 Å². The van der Waals surface area contributed by atoms with E-state index >= 15 is 0 Å². The van der Waals surface area contributed by atoms with E-state index in [1.54, 1.807) is 0 Å². The van der Waals surface area contributed by atoms with Gasteiger partial charge in [-0.15, -0.1) is 0 Å². The van der Waals surface area contributed by atoms with Crippen molar-refractivity contribution in [2.45, 2.75) is 10.8 Å². The van der Waals surface area contributed by atoms with Gasteiger partial charge in [0.25, 0.3) is 0 Å². The molecule has 282 valence electrons. The molecule has 0 aliphatic heterocycles. The molecule has 0 amide bonds. The number of hydrogen-bond acceptors (Lipinski definition) is 2. The molecular weight excluding hydrogens is 739 g/mol. The highest BCUT2D eigenvalue weighted by Gasteiger charge is 2.59. The fraction of sp³-hybridized carbons (Fsp3) is 0.0345. The standard InChI is InChI=1S/C58H35N3/c1-2-18-36(19-3-1)55-40-23-7-16-32-50(40)59-56(60-55)61-51-33-17-8-24-41(51)54-52(61)35-34-49-53(54)39-22-6-11-27-44(39)58(49)47-30-14-12-28-45(47)57(46-29-13-15-31-48(46)58)42-25-9-4-20-37(42)38-21-5-10-26-43(38)57/h1-35H. The Balaban J connectivity index is 1.12. The van der Waals surface area contributed by atoms with Crippen LogP contribution in [0, 0.1) is 0 Å². The van der Waals surface area contributed by atoms with Gasteiger partial charge in [0.15, 0.2) is 0 Å². The minimum Gasteiger partial charge on any atom is -0.278 e. The smallest absolute Gasteiger partial charge is 0.235 e. The monoisotopic (exact) mass is 773 g/mol. The third kappa shape index (κ3) is 3.95. The van der Waals surface area contributed by atoms with Crippen LogP contribution >= 0.6 is 0 Å². The Morgan fingerprint density at radius 2 is 0.803 bits per heavy atom. The highest BCUT2D eigenvalue weighted by molar-refractivity contribution is 6.18. The molecule has 3 heteroatoms. The average Bonchev–Trinajstić information content (AvgIpc) is 3.94. The summed E-state index contributed by atoms with van der Waals surface area (Å²) in [6.45, 7) is 0. The number of nitrogens with zero attached hydrogens (tertiary/aromatic N) is 3. The molecule has 0 atom stereocenters. The zero-order valence-corrected chi connectivity index (χ0v) is 33.0. The molecule has 3 aliphatic carbocycles. The predicted octanol–water partition coefficient (Wildman–Crippen LogP) is 13.4. The van der Waals surface area contributed by atoms with Crippen LogP contribution in [0.3, 0.4) is 0 Å². The molecule has 3 nitrogen and oxygen atoms in total. The van der Waals surface area contributed by atoms with E-state index in [0.717, 1.165) is 33.2 Å². The third-order valence-electron chi connectivity index (χ3n) is 14.1. The number of aromatic nitrogens is 3. The first-order valence-electron chi connectivity index (χ1n) is 21.2.